The molecule has 0 aromatic carbocycles. The number of nitrogens with zero attached hydrogens (tertiary/aromatic N) is 2. The molecule has 0 bridgehead atoms. The summed E-state index contributed by atoms with van der Waals surface area (Å²) in [6.07, 6.45) is 0.882. The van der Waals surface area contributed by atoms with Crippen LogP contribution in [0, 0.1) is 0 Å². The summed E-state index contributed by atoms with van der Waals surface area (Å²) in [5.41, 5.74) is 5.57. The molecule has 3 N–H and O–H groups in total. The molecule has 7 heteroatoms. The smallest absolute Gasteiger partial charge is 0.239 e. The normalized spacial score (nSPS) is 19.6. The van der Waals surface area contributed by atoms with Gasteiger partial charge in [0.2, 0.25) is 11.8 Å². The van der Waals surface area contributed by atoms with Gasteiger partial charge in [-0.2, -0.15) is 0 Å². The number of hydrogen-bond donors (Lipinski definition) is 2. The predicted molar refractivity (Wildman–Crippen MR) is 76.2 cm³/mol. The Hall–Kier alpha value is -1.18. The molecule has 1 unspecified atom stereocenters. The Bertz CT molecular complexity index is 325. The van der Waals surface area contributed by atoms with Crippen molar-refractivity contribution in [2.45, 2.75) is 19.4 Å². The maximum absolute atomic E-state index is 12.0. The van der Waals surface area contributed by atoms with Gasteiger partial charge in [0.15, 0.2) is 0 Å². The van der Waals surface area contributed by atoms with Gasteiger partial charge in [-0.1, -0.05) is 6.92 Å². The van der Waals surface area contributed by atoms with E-state index in [0.717, 1.165) is 13.0 Å². The molecule has 7 nitrogen and oxygen atoms in total. The Labute approximate surface area is 120 Å². The zero-order valence-corrected chi connectivity index (χ0v) is 12.4. The molecule has 1 fully saturated rings. The lowest BCUT2D eigenvalue weighted by Crippen LogP contribution is -2.50. The average Bonchev–Trinajstić information content (AvgIpc) is 2.45. The van der Waals surface area contributed by atoms with E-state index in [1.807, 2.05) is 11.8 Å². The van der Waals surface area contributed by atoms with E-state index in [9.17, 15) is 9.59 Å². The van der Waals surface area contributed by atoms with E-state index in [-0.39, 0.29) is 24.5 Å². The molecule has 0 aliphatic carbocycles. The summed E-state index contributed by atoms with van der Waals surface area (Å²) in [5.74, 6) is -0.182. The number of likely N-dealkylation sites (N-methyl/N-ethyl adjacent to an activating group) is 1. The topological polar surface area (TPSA) is 87.9 Å². The highest BCUT2D eigenvalue weighted by molar-refractivity contribution is 5.85. The number of morpholine rings is 1. The van der Waals surface area contributed by atoms with Gasteiger partial charge in [0, 0.05) is 33.2 Å². The van der Waals surface area contributed by atoms with Crippen molar-refractivity contribution in [3.8, 4) is 0 Å². The third-order valence-corrected chi connectivity index (χ3v) is 3.22. The highest BCUT2D eigenvalue weighted by Crippen LogP contribution is 2.04. The minimum absolute atomic E-state index is 0.00490. The van der Waals surface area contributed by atoms with Gasteiger partial charge in [-0.05, 0) is 6.42 Å². The molecule has 0 saturated carbocycles. The Morgan fingerprint density at radius 2 is 2.25 bits per heavy atom. The van der Waals surface area contributed by atoms with E-state index in [2.05, 4.69) is 5.32 Å². The zero-order chi connectivity index (χ0) is 15.0. The number of carbonyl (C=O) groups is 2. The molecule has 1 atom stereocenters. The van der Waals surface area contributed by atoms with Crippen LogP contribution >= 0.6 is 0 Å². The molecular weight excluding hydrogens is 260 g/mol. The number of nitrogens with two attached hydrogens (primary N) is 1. The summed E-state index contributed by atoms with van der Waals surface area (Å²) in [6, 6.07) is 0. The van der Waals surface area contributed by atoms with Crippen molar-refractivity contribution in [3.63, 3.8) is 0 Å². The van der Waals surface area contributed by atoms with Gasteiger partial charge in [-0.3, -0.25) is 14.5 Å². The van der Waals surface area contributed by atoms with Crippen molar-refractivity contribution >= 4 is 11.8 Å². The van der Waals surface area contributed by atoms with E-state index in [1.165, 1.54) is 4.90 Å². The van der Waals surface area contributed by atoms with Crippen LogP contribution in [0.1, 0.15) is 13.3 Å². The molecule has 116 valence electrons. The van der Waals surface area contributed by atoms with Gasteiger partial charge in [0.1, 0.15) is 0 Å². The maximum Gasteiger partial charge on any atom is 0.239 e. The van der Waals surface area contributed by atoms with Crippen molar-refractivity contribution in [2.75, 3.05) is 52.9 Å². The lowest BCUT2D eigenvalue weighted by Gasteiger charge is -2.32. The number of amides is 2. The minimum Gasteiger partial charge on any atom is -0.374 e. The predicted octanol–water partition coefficient (Wildman–Crippen LogP) is -1.37. The number of nitrogens with one attached hydrogen (secondary N) is 1. The second-order valence-corrected chi connectivity index (χ2v) is 5.06. The largest absolute Gasteiger partial charge is 0.374 e. The fraction of sp³-hybridized carbons (Fsp3) is 0.846. The molecular formula is C13H26N4O3. The van der Waals surface area contributed by atoms with Gasteiger partial charge < -0.3 is 20.7 Å². The first-order valence-electron chi connectivity index (χ1n) is 7.11. The van der Waals surface area contributed by atoms with Crippen molar-refractivity contribution in [2.24, 2.45) is 5.73 Å². The van der Waals surface area contributed by atoms with Crippen LogP contribution in [-0.2, 0) is 14.3 Å². The fourth-order valence-electron chi connectivity index (χ4n) is 2.00. The summed E-state index contributed by atoms with van der Waals surface area (Å²) < 4.78 is 5.45. The number of carbonyl (C=O) groups excluding carboxylic acids is 2. The summed E-state index contributed by atoms with van der Waals surface area (Å²) in [7, 11) is 1.65. The van der Waals surface area contributed by atoms with E-state index >= 15 is 0 Å². The van der Waals surface area contributed by atoms with E-state index < -0.39 is 0 Å². The molecule has 2 amide bonds. The van der Waals surface area contributed by atoms with Crippen LogP contribution in [0.3, 0.4) is 0 Å². The van der Waals surface area contributed by atoms with E-state index in [0.29, 0.717) is 32.8 Å². The van der Waals surface area contributed by atoms with Crippen LogP contribution < -0.4 is 11.1 Å². The van der Waals surface area contributed by atoms with Gasteiger partial charge >= 0.3 is 0 Å². The quantitative estimate of drug-likeness (QED) is 0.603. The lowest BCUT2D eigenvalue weighted by molar-refractivity contribution is -0.137. The van der Waals surface area contributed by atoms with Crippen LogP contribution in [0.2, 0.25) is 0 Å². The molecule has 0 spiro atoms. The molecule has 1 aliphatic rings. The maximum atomic E-state index is 12.0. The van der Waals surface area contributed by atoms with E-state index in [1.54, 1.807) is 7.05 Å². The van der Waals surface area contributed by atoms with Crippen LogP contribution in [0.4, 0.5) is 0 Å². The lowest BCUT2D eigenvalue weighted by atomic mass is 10.2. The van der Waals surface area contributed by atoms with Crippen LogP contribution in [0.15, 0.2) is 0 Å². The molecule has 1 aliphatic heterocycles. The SMILES string of the molecule is CCCNC(=O)CN(C)C(=O)CN1CCOC(CN)C1. The highest BCUT2D eigenvalue weighted by atomic mass is 16.5. The zero-order valence-electron chi connectivity index (χ0n) is 12.4. The van der Waals surface area contributed by atoms with Crippen LogP contribution in [-0.4, -0.2) is 80.6 Å². The Morgan fingerprint density at radius 3 is 2.90 bits per heavy atom. The van der Waals surface area contributed by atoms with Gasteiger partial charge in [-0.25, -0.2) is 0 Å². The first-order chi connectivity index (χ1) is 9.56. The molecule has 0 aromatic heterocycles. The highest BCUT2D eigenvalue weighted by Gasteiger charge is 2.22. The third-order valence-electron chi connectivity index (χ3n) is 3.22. The Kier molecular flexibility index (Phi) is 7.50. The number of hydrogen-bond acceptors (Lipinski definition) is 5. The summed E-state index contributed by atoms with van der Waals surface area (Å²) in [6.45, 7) is 5.47. The third kappa shape index (κ3) is 5.85. The Morgan fingerprint density at radius 1 is 1.50 bits per heavy atom. The minimum atomic E-state index is -0.121. The van der Waals surface area contributed by atoms with Gasteiger partial charge in [0.05, 0.1) is 25.8 Å². The first kappa shape index (κ1) is 16.9. The summed E-state index contributed by atoms with van der Waals surface area (Å²) >= 11 is 0. The second kappa shape index (κ2) is 8.89. The monoisotopic (exact) mass is 286 g/mol. The molecule has 1 rings (SSSR count). The molecule has 1 saturated heterocycles. The van der Waals surface area contributed by atoms with Crippen molar-refractivity contribution in [1.29, 1.82) is 0 Å². The van der Waals surface area contributed by atoms with Crippen LogP contribution in [0.5, 0.6) is 0 Å². The molecule has 0 radical (unpaired) electrons. The standard InChI is InChI=1S/C13H26N4O3/c1-3-4-15-12(18)9-16(2)13(19)10-17-5-6-20-11(7-14)8-17/h11H,3-10,14H2,1-2H3,(H,15,18). The molecule has 20 heavy (non-hydrogen) atoms. The van der Waals surface area contributed by atoms with E-state index in [4.69, 9.17) is 10.5 Å². The van der Waals surface area contributed by atoms with Crippen molar-refractivity contribution in [1.82, 2.24) is 15.1 Å². The fourth-order valence-corrected chi connectivity index (χ4v) is 2.00. The van der Waals surface area contributed by atoms with Crippen molar-refractivity contribution in [3.05, 3.63) is 0 Å². The van der Waals surface area contributed by atoms with Crippen LogP contribution in [0.25, 0.3) is 0 Å². The number of rotatable bonds is 7. The van der Waals surface area contributed by atoms with Gasteiger partial charge in [-0.15, -0.1) is 0 Å². The molecule has 1 heterocycles. The summed E-state index contributed by atoms with van der Waals surface area (Å²) in [4.78, 5) is 27.1. The second-order valence-electron chi connectivity index (χ2n) is 5.06. The Balaban J connectivity index is 2.32. The van der Waals surface area contributed by atoms with Crippen molar-refractivity contribution < 1.29 is 14.3 Å². The molecule has 0 aromatic rings. The van der Waals surface area contributed by atoms with Gasteiger partial charge in [0.25, 0.3) is 0 Å². The average molecular weight is 286 g/mol. The number of ether oxygens (including phenoxy) is 1. The first-order valence-corrected chi connectivity index (χ1v) is 7.11. The summed E-state index contributed by atoms with van der Waals surface area (Å²) in [5, 5.41) is 2.75.